The Hall–Kier alpha value is -2.28. The van der Waals surface area contributed by atoms with Crippen molar-refractivity contribution in [1.82, 2.24) is 9.78 Å². The number of fused-ring (bicyclic) bond motifs is 1. The number of benzene rings is 2. The molecule has 1 fully saturated rings. The van der Waals surface area contributed by atoms with E-state index in [-0.39, 0.29) is 18.7 Å². The lowest BCUT2D eigenvalue weighted by Gasteiger charge is -2.14. The molecule has 3 aromatic rings. The number of halogens is 5. The summed E-state index contributed by atoms with van der Waals surface area (Å²) in [6, 6.07) is 10.9. The zero-order valence-electron chi connectivity index (χ0n) is 14.3. The molecule has 2 heterocycles. The van der Waals surface area contributed by atoms with Crippen LogP contribution >= 0.6 is 11.6 Å². The minimum Gasteiger partial charge on any atom is -0.349 e. The van der Waals surface area contributed by atoms with E-state index in [4.69, 9.17) is 11.6 Å². The third-order valence-corrected chi connectivity index (χ3v) is 5.05. The number of anilines is 1. The predicted molar refractivity (Wildman–Crippen MR) is 97.7 cm³/mol. The average Bonchev–Trinajstić information content (AvgIpc) is 3.16. The Bertz CT molecular complexity index is 971. The molecule has 0 N–H and O–H groups in total. The molecular weight excluding hydrogens is 382 g/mol. The Morgan fingerprint density at radius 1 is 1.04 bits per heavy atom. The van der Waals surface area contributed by atoms with E-state index in [0.29, 0.717) is 27.4 Å². The second-order valence-electron chi connectivity index (χ2n) is 6.74. The number of alkyl halides is 4. The highest BCUT2D eigenvalue weighted by Gasteiger charge is 2.35. The van der Waals surface area contributed by atoms with Gasteiger partial charge in [0, 0.05) is 12.5 Å². The van der Waals surface area contributed by atoms with Crippen LogP contribution < -0.4 is 4.90 Å². The van der Waals surface area contributed by atoms with Crippen molar-refractivity contribution in [2.45, 2.75) is 25.2 Å². The molecule has 1 aliphatic heterocycles. The largest absolute Gasteiger partial charge is 0.349 e. The van der Waals surface area contributed by atoms with Gasteiger partial charge in [-0.25, -0.2) is 22.2 Å². The van der Waals surface area contributed by atoms with Crippen molar-refractivity contribution in [3.05, 3.63) is 53.1 Å². The number of nitrogens with zero attached hydrogens (tertiary/aromatic N) is 3. The Morgan fingerprint density at radius 3 is 2.26 bits per heavy atom. The first-order chi connectivity index (χ1) is 12.8. The van der Waals surface area contributed by atoms with Crippen LogP contribution in [-0.2, 0) is 5.92 Å². The van der Waals surface area contributed by atoms with E-state index in [1.165, 1.54) is 29.2 Å². The smallest absolute Gasteiger partial charge is 0.270 e. The Kier molecular flexibility index (Phi) is 4.29. The lowest BCUT2D eigenvalue weighted by molar-refractivity contribution is 0.0175. The quantitative estimate of drug-likeness (QED) is 0.560. The van der Waals surface area contributed by atoms with Crippen LogP contribution in [0.4, 0.5) is 23.4 Å². The van der Waals surface area contributed by atoms with Gasteiger partial charge >= 0.3 is 0 Å². The Morgan fingerprint density at radius 2 is 1.67 bits per heavy atom. The molecule has 1 aromatic heterocycles. The van der Waals surface area contributed by atoms with Gasteiger partial charge in [0.05, 0.1) is 34.7 Å². The summed E-state index contributed by atoms with van der Waals surface area (Å²) in [4.78, 5) is 1.52. The lowest BCUT2D eigenvalue weighted by Crippen LogP contribution is -2.21. The fraction of sp³-hybridized carbons (Fsp3) is 0.316. The summed E-state index contributed by atoms with van der Waals surface area (Å²) < 4.78 is 55.8. The van der Waals surface area contributed by atoms with Crippen LogP contribution in [0.1, 0.15) is 12.5 Å². The van der Waals surface area contributed by atoms with Crippen LogP contribution in [0.15, 0.2) is 42.5 Å². The van der Waals surface area contributed by atoms with Crippen LogP contribution in [0.25, 0.3) is 16.6 Å². The van der Waals surface area contributed by atoms with E-state index in [1.807, 2.05) is 0 Å². The van der Waals surface area contributed by atoms with E-state index in [9.17, 15) is 17.6 Å². The maximum Gasteiger partial charge on any atom is 0.270 e. The molecule has 8 heteroatoms. The van der Waals surface area contributed by atoms with Gasteiger partial charge in [-0.15, -0.1) is 5.10 Å². The van der Waals surface area contributed by atoms with Crippen molar-refractivity contribution in [3.8, 4) is 5.69 Å². The highest BCUT2D eigenvalue weighted by atomic mass is 35.5. The van der Waals surface area contributed by atoms with Crippen LogP contribution in [0, 0.1) is 0 Å². The first kappa shape index (κ1) is 18.1. The molecule has 0 amide bonds. The number of aromatic nitrogens is 2. The second-order valence-corrected chi connectivity index (χ2v) is 7.15. The van der Waals surface area contributed by atoms with Gasteiger partial charge in [-0.05, 0) is 24.3 Å². The highest BCUT2D eigenvalue weighted by Crippen LogP contribution is 2.36. The van der Waals surface area contributed by atoms with E-state index in [0.717, 1.165) is 6.92 Å². The van der Waals surface area contributed by atoms with Gasteiger partial charge < -0.3 is 4.90 Å². The minimum atomic E-state index is -2.94. The van der Waals surface area contributed by atoms with E-state index in [2.05, 4.69) is 5.10 Å². The molecule has 2 aromatic carbocycles. The van der Waals surface area contributed by atoms with Crippen molar-refractivity contribution in [1.29, 1.82) is 0 Å². The molecule has 142 valence electrons. The van der Waals surface area contributed by atoms with Gasteiger partial charge in [-0.3, -0.25) is 0 Å². The molecule has 2 atom stereocenters. The van der Waals surface area contributed by atoms with E-state index >= 15 is 0 Å². The Balaban J connectivity index is 1.84. The van der Waals surface area contributed by atoms with Crippen molar-refractivity contribution in [3.63, 3.8) is 0 Å². The van der Waals surface area contributed by atoms with Gasteiger partial charge in [0.15, 0.2) is 18.2 Å². The van der Waals surface area contributed by atoms with E-state index in [1.54, 1.807) is 22.9 Å². The second kappa shape index (κ2) is 6.41. The van der Waals surface area contributed by atoms with Crippen molar-refractivity contribution in [2.24, 2.45) is 0 Å². The lowest BCUT2D eigenvalue weighted by atomic mass is 10.1. The monoisotopic (exact) mass is 397 g/mol. The maximum atomic E-state index is 13.7. The Labute approximate surface area is 158 Å². The molecule has 4 rings (SSSR count). The zero-order chi connectivity index (χ0) is 19.3. The van der Waals surface area contributed by atoms with Gasteiger partial charge in [-0.1, -0.05) is 29.8 Å². The summed E-state index contributed by atoms with van der Waals surface area (Å²) in [6.45, 7) is 0.607. The van der Waals surface area contributed by atoms with Gasteiger partial charge in [0.25, 0.3) is 5.92 Å². The molecule has 27 heavy (non-hydrogen) atoms. The highest BCUT2D eigenvalue weighted by molar-refractivity contribution is 6.36. The maximum absolute atomic E-state index is 13.7. The van der Waals surface area contributed by atoms with E-state index < -0.39 is 18.3 Å². The van der Waals surface area contributed by atoms with Crippen molar-refractivity contribution in [2.75, 3.05) is 18.0 Å². The molecule has 0 aliphatic carbocycles. The topological polar surface area (TPSA) is 21.1 Å². The summed E-state index contributed by atoms with van der Waals surface area (Å²) in [5.74, 6) is -2.57. The summed E-state index contributed by atoms with van der Waals surface area (Å²) in [5.41, 5.74) is 1.07. The summed E-state index contributed by atoms with van der Waals surface area (Å²) in [5, 5.41) is 5.48. The summed E-state index contributed by atoms with van der Waals surface area (Å²) in [6.07, 6.45) is -3.17. The fourth-order valence-corrected chi connectivity index (χ4v) is 3.57. The molecule has 1 aliphatic rings. The normalized spacial score (nSPS) is 20.6. The molecule has 1 saturated heterocycles. The van der Waals surface area contributed by atoms with Crippen molar-refractivity contribution < 1.29 is 17.6 Å². The number of hydrogen-bond donors (Lipinski definition) is 0. The van der Waals surface area contributed by atoms with Crippen LogP contribution in [-0.4, -0.2) is 35.2 Å². The number of rotatable bonds is 3. The zero-order valence-corrected chi connectivity index (χ0v) is 15.1. The molecule has 3 nitrogen and oxygen atoms in total. The molecule has 0 bridgehead atoms. The average molecular weight is 398 g/mol. The van der Waals surface area contributed by atoms with Gasteiger partial charge in [-0.2, -0.15) is 0 Å². The SMILES string of the molecule is CC(F)(F)c1ccc(-n2nc(N3CC(F)C(F)C3)c3c(Cl)cccc32)cc1. The number of hydrogen-bond acceptors (Lipinski definition) is 2. The predicted octanol–water partition coefficient (Wildman–Crippen LogP) is 5.29. The first-order valence-corrected chi connectivity index (χ1v) is 8.82. The third kappa shape index (κ3) is 3.14. The van der Waals surface area contributed by atoms with Gasteiger partial charge in [0.1, 0.15) is 0 Å². The van der Waals surface area contributed by atoms with Crippen LogP contribution in [0.3, 0.4) is 0 Å². The first-order valence-electron chi connectivity index (χ1n) is 8.45. The summed E-state index contributed by atoms with van der Waals surface area (Å²) in [7, 11) is 0. The van der Waals surface area contributed by atoms with Crippen LogP contribution in [0.5, 0.6) is 0 Å². The van der Waals surface area contributed by atoms with Crippen LogP contribution in [0.2, 0.25) is 5.02 Å². The fourth-order valence-electron chi connectivity index (χ4n) is 3.32. The third-order valence-electron chi connectivity index (χ3n) is 4.74. The molecule has 0 radical (unpaired) electrons. The van der Waals surface area contributed by atoms with Crippen molar-refractivity contribution >= 4 is 28.3 Å². The minimum absolute atomic E-state index is 0.110. The molecular formula is C19H16ClF4N3. The molecule has 2 unspecified atom stereocenters. The molecule has 0 saturated carbocycles. The standard InChI is InChI=1S/C19H16ClF4N3/c1-19(23,24)11-5-7-12(8-6-11)27-16-4-2-3-13(20)17(16)18(25-27)26-9-14(21)15(22)10-26/h2-8,14-15H,9-10H2,1H3. The van der Waals surface area contributed by atoms with Gasteiger partial charge in [0.2, 0.25) is 0 Å². The molecule has 0 spiro atoms. The summed E-state index contributed by atoms with van der Waals surface area (Å²) >= 11 is 6.33.